The number of carbonyl (C=O) groups is 1. The van der Waals surface area contributed by atoms with Gasteiger partial charge < -0.3 is 15.8 Å². The van der Waals surface area contributed by atoms with Gasteiger partial charge in [-0.05, 0) is 13.0 Å². The molecular weight excluding hydrogens is 260 g/mol. The van der Waals surface area contributed by atoms with Crippen LogP contribution in [0.2, 0.25) is 0 Å². The van der Waals surface area contributed by atoms with E-state index in [1.54, 1.807) is 7.11 Å². The number of nitrogens with two attached hydrogens (primary N) is 1. The second-order valence-corrected chi connectivity index (χ2v) is 4.86. The maximum Gasteiger partial charge on any atom is 0.254 e. The third-order valence-electron chi connectivity index (χ3n) is 2.78. The van der Waals surface area contributed by atoms with E-state index in [1.807, 2.05) is 36.6 Å². The van der Waals surface area contributed by atoms with Crippen molar-refractivity contribution < 1.29 is 9.53 Å². The van der Waals surface area contributed by atoms with Gasteiger partial charge in [0, 0.05) is 23.1 Å². The molecule has 100 valence electrons. The van der Waals surface area contributed by atoms with Crippen LogP contribution in [0.1, 0.15) is 17.3 Å². The molecule has 2 rings (SSSR count). The number of para-hydroxylation sites is 1. The van der Waals surface area contributed by atoms with Gasteiger partial charge in [0.05, 0.1) is 17.7 Å². The fourth-order valence-electron chi connectivity index (χ4n) is 1.92. The Hall–Kier alpha value is -2.01. The molecule has 2 aromatic rings. The summed E-state index contributed by atoms with van der Waals surface area (Å²) in [6.45, 7) is 2.45. The molecule has 0 aliphatic rings. The molecule has 0 aliphatic carbocycles. The van der Waals surface area contributed by atoms with Crippen LogP contribution in [0.3, 0.4) is 0 Å². The smallest absolute Gasteiger partial charge is 0.254 e. The highest BCUT2D eigenvalue weighted by molar-refractivity contribution is 7.15. The Morgan fingerprint density at radius 3 is 2.79 bits per heavy atom. The summed E-state index contributed by atoms with van der Waals surface area (Å²) in [5, 5.41) is 5.19. The minimum Gasteiger partial charge on any atom is -0.496 e. The van der Waals surface area contributed by atoms with E-state index in [0.29, 0.717) is 17.1 Å². The predicted molar refractivity (Wildman–Crippen MR) is 78.7 cm³/mol. The number of amides is 1. The van der Waals surface area contributed by atoms with E-state index in [2.05, 4.69) is 5.32 Å². The lowest BCUT2D eigenvalue weighted by Gasteiger charge is -2.09. The van der Waals surface area contributed by atoms with E-state index in [1.165, 1.54) is 11.3 Å². The Balaban J connectivity index is 2.54. The number of benzene rings is 1. The number of ether oxygens (including phenoxy) is 1. The van der Waals surface area contributed by atoms with Gasteiger partial charge in [-0.2, -0.15) is 0 Å². The summed E-state index contributed by atoms with van der Waals surface area (Å²) in [6, 6.07) is 7.59. The number of nitrogen functional groups attached to an aromatic ring is 1. The topological polar surface area (TPSA) is 64.3 Å². The fraction of sp³-hybridized carbons (Fsp3) is 0.214. The highest BCUT2D eigenvalue weighted by atomic mass is 32.1. The van der Waals surface area contributed by atoms with Crippen molar-refractivity contribution in [3.63, 3.8) is 0 Å². The van der Waals surface area contributed by atoms with Crippen LogP contribution in [-0.4, -0.2) is 19.6 Å². The first-order valence-electron chi connectivity index (χ1n) is 5.97. The van der Waals surface area contributed by atoms with Gasteiger partial charge in [0.2, 0.25) is 0 Å². The second kappa shape index (κ2) is 5.75. The average Bonchev–Trinajstić information content (AvgIpc) is 2.80. The number of methoxy groups -OCH3 is 1. The molecule has 0 atom stereocenters. The standard InChI is InChI=1S/C14H16N2O2S/c1-3-16-14(17)12-10(8-19-13(12)15)9-6-4-5-7-11(9)18-2/h4-8H,3,15H2,1-2H3,(H,16,17). The normalized spacial score (nSPS) is 10.2. The van der Waals surface area contributed by atoms with Crippen molar-refractivity contribution in [1.29, 1.82) is 0 Å². The highest BCUT2D eigenvalue weighted by Crippen LogP contribution is 2.38. The molecule has 3 N–H and O–H groups in total. The van der Waals surface area contributed by atoms with Gasteiger partial charge in [0.25, 0.3) is 5.91 Å². The minimum atomic E-state index is -0.151. The Morgan fingerprint density at radius 1 is 1.37 bits per heavy atom. The van der Waals surface area contributed by atoms with E-state index < -0.39 is 0 Å². The summed E-state index contributed by atoms with van der Waals surface area (Å²) in [7, 11) is 1.61. The van der Waals surface area contributed by atoms with Crippen LogP contribution in [-0.2, 0) is 0 Å². The van der Waals surface area contributed by atoms with Gasteiger partial charge in [-0.3, -0.25) is 4.79 Å². The maximum absolute atomic E-state index is 12.1. The van der Waals surface area contributed by atoms with E-state index in [4.69, 9.17) is 10.5 Å². The largest absolute Gasteiger partial charge is 0.496 e. The lowest BCUT2D eigenvalue weighted by Crippen LogP contribution is -2.23. The summed E-state index contributed by atoms with van der Waals surface area (Å²) in [5.74, 6) is 0.577. The lowest BCUT2D eigenvalue weighted by molar-refractivity contribution is 0.0957. The van der Waals surface area contributed by atoms with Crippen LogP contribution >= 0.6 is 11.3 Å². The number of hydrogen-bond acceptors (Lipinski definition) is 4. The van der Waals surface area contributed by atoms with Crippen LogP contribution in [0.4, 0.5) is 5.00 Å². The molecule has 0 saturated carbocycles. The molecule has 0 bridgehead atoms. The fourth-order valence-corrected chi connectivity index (χ4v) is 2.73. The monoisotopic (exact) mass is 276 g/mol. The Morgan fingerprint density at radius 2 is 2.11 bits per heavy atom. The minimum absolute atomic E-state index is 0.151. The van der Waals surface area contributed by atoms with Crippen LogP contribution < -0.4 is 15.8 Å². The SMILES string of the molecule is CCNC(=O)c1c(-c2ccccc2OC)csc1N. The van der Waals surface area contributed by atoms with Crippen LogP contribution in [0.25, 0.3) is 11.1 Å². The van der Waals surface area contributed by atoms with Crippen LogP contribution in [0.5, 0.6) is 5.75 Å². The molecule has 1 amide bonds. The molecule has 0 fully saturated rings. The quantitative estimate of drug-likeness (QED) is 0.902. The van der Waals surface area contributed by atoms with Gasteiger partial charge in [-0.15, -0.1) is 11.3 Å². The molecule has 19 heavy (non-hydrogen) atoms. The molecular formula is C14H16N2O2S. The van der Waals surface area contributed by atoms with Crippen LogP contribution in [0.15, 0.2) is 29.6 Å². The zero-order valence-corrected chi connectivity index (χ0v) is 11.7. The number of rotatable bonds is 4. The highest BCUT2D eigenvalue weighted by Gasteiger charge is 2.19. The molecule has 1 aromatic heterocycles. The Kier molecular flexibility index (Phi) is 4.06. The number of carbonyl (C=O) groups excluding carboxylic acids is 1. The molecule has 1 heterocycles. The molecule has 0 unspecified atom stereocenters. The second-order valence-electron chi connectivity index (χ2n) is 3.95. The van der Waals surface area contributed by atoms with Crippen molar-refractivity contribution in [3.8, 4) is 16.9 Å². The summed E-state index contributed by atoms with van der Waals surface area (Å²) >= 11 is 1.36. The summed E-state index contributed by atoms with van der Waals surface area (Å²) in [5.41, 5.74) is 8.13. The summed E-state index contributed by atoms with van der Waals surface area (Å²) in [6.07, 6.45) is 0. The summed E-state index contributed by atoms with van der Waals surface area (Å²) in [4.78, 5) is 12.1. The van der Waals surface area contributed by atoms with Crippen LogP contribution in [0, 0.1) is 0 Å². The average molecular weight is 276 g/mol. The third kappa shape index (κ3) is 2.56. The van der Waals surface area contributed by atoms with Gasteiger partial charge in [0.15, 0.2) is 0 Å². The molecule has 5 heteroatoms. The zero-order chi connectivity index (χ0) is 13.8. The molecule has 0 saturated heterocycles. The van der Waals surface area contributed by atoms with Crippen molar-refractivity contribution in [2.75, 3.05) is 19.4 Å². The van der Waals surface area contributed by atoms with Crippen molar-refractivity contribution in [2.45, 2.75) is 6.92 Å². The Bertz CT molecular complexity index is 593. The van der Waals surface area contributed by atoms with Gasteiger partial charge >= 0.3 is 0 Å². The predicted octanol–water partition coefficient (Wildman–Crippen LogP) is 2.76. The zero-order valence-electron chi connectivity index (χ0n) is 10.9. The molecule has 0 aliphatic heterocycles. The lowest BCUT2D eigenvalue weighted by atomic mass is 10.0. The Labute approximate surface area is 116 Å². The molecule has 0 radical (unpaired) electrons. The number of hydrogen-bond donors (Lipinski definition) is 2. The van der Waals surface area contributed by atoms with E-state index >= 15 is 0 Å². The number of thiophene rings is 1. The third-order valence-corrected chi connectivity index (χ3v) is 3.59. The molecule has 0 spiro atoms. The first-order valence-corrected chi connectivity index (χ1v) is 6.85. The summed E-state index contributed by atoms with van der Waals surface area (Å²) < 4.78 is 5.34. The van der Waals surface area contributed by atoms with Crippen molar-refractivity contribution >= 4 is 22.2 Å². The van der Waals surface area contributed by atoms with Crippen molar-refractivity contribution in [3.05, 3.63) is 35.2 Å². The first kappa shape index (κ1) is 13.4. The van der Waals surface area contributed by atoms with E-state index in [9.17, 15) is 4.79 Å². The van der Waals surface area contributed by atoms with E-state index in [0.717, 1.165) is 16.9 Å². The van der Waals surface area contributed by atoms with Crippen molar-refractivity contribution in [1.82, 2.24) is 5.32 Å². The molecule has 4 nitrogen and oxygen atoms in total. The van der Waals surface area contributed by atoms with Crippen molar-refractivity contribution in [2.24, 2.45) is 0 Å². The number of nitrogens with one attached hydrogen (secondary N) is 1. The number of anilines is 1. The van der Waals surface area contributed by atoms with Gasteiger partial charge in [-0.25, -0.2) is 0 Å². The van der Waals surface area contributed by atoms with Gasteiger partial charge in [0.1, 0.15) is 5.75 Å². The molecule has 1 aromatic carbocycles. The van der Waals surface area contributed by atoms with E-state index in [-0.39, 0.29) is 5.91 Å². The first-order chi connectivity index (χ1) is 9.19. The van der Waals surface area contributed by atoms with Gasteiger partial charge in [-0.1, -0.05) is 18.2 Å². The maximum atomic E-state index is 12.1.